The number of halogens is 1. The molecular weight excluding hydrogens is 542 g/mol. The molecule has 1 saturated heterocycles. The van der Waals surface area contributed by atoms with Crippen LogP contribution in [0, 0.1) is 0 Å². The summed E-state index contributed by atoms with van der Waals surface area (Å²) in [5, 5.41) is 3.39. The third kappa shape index (κ3) is 7.37. The lowest BCUT2D eigenvalue weighted by atomic mass is 10.1. The van der Waals surface area contributed by atoms with Crippen molar-refractivity contribution in [3.63, 3.8) is 0 Å². The summed E-state index contributed by atoms with van der Waals surface area (Å²) in [5.74, 6) is -0.467. The minimum Gasteiger partial charge on any atom is -0.465 e. The van der Waals surface area contributed by atoms with Crippen LogP contribution in [-0.2, 0) is 27.8 Å². The lowest BCUT2D eigenvalue weighted by Gasteiger charge is -2.38. The summed E-state index contributed by atoms with van der Waals surface area (Å²) in [6.45, 7) is 2.13. The molecule has 39 heavy (non-hydrogen) atoms. The highest BCUT2D eigenvalue weighted by molar-refractivity contribution is 7.89. The number of amides is 2. The van der Waals surface area contributed by atoms with Crippen LogP contribution in [0.2, 0.25) is 5.02 Å². The van der Waals surface area contributed by atoms with Crippen LogP contribution in [0.15, 0.2) is 72.1 Å². The molecule has 0 aliphatic carbocycles. The van der Waals surface area contributed by atoms with E-state index in [0.29, 0.717) is 42.1 Å². The standard InChI is InChI=1S/C27H32ClN5O5S/c1-38-26(34)22-7-5-21(6-8-22)18-33(39(36,37)25-11-9-23(28)10-12-25)24-4-2-16-32(19-24)27(35)30-13-3-15-31-17-14-29-20-31/h5-12,14,17,20,24H,2-4,13,15-16,18-19H2,1H3,(H,30,35). The Morgan fingerprint density at radius 1 is 1.15 bits per heavy atom. The fraction of sp³-hybridized carbons (Fsp3) is 0.370. The fourth-order valence-corrected chi connectivity index (χ4v) is 6.32. The smallest absolute Gasteiger partial charge is 0.337 e. The van der Waals surface area contributed by atoms with Crippen LogP contribution in [0.3, 0.4) is 0 Å². The fourth-order valence-electron chi connectivity index (χ4n) is 4.56. The first-order valence-electron chi connectivity index (χ1n) is 12.7. The number of rotatable bonds is 10. The Hall–Kier alpha value is -3.41. The second-order valence-electron chi connectivity index (χ2n) is 9.32. The number of nitrogens with zero attached hydrogens (tertiary/aromatic N) is 4. The molecule has 0 radical (unpaired) electrons. The van der Waals surface area contributed by atoms with Crippen molar-refractivity contribution in [3.05, 3.63) is 83.4 Å². The number of ether oxygens (including phenoxy) is 1. The number of esters is 1. The molecule has 0 spiro atoms. The van der Waals surface area contributed by atoms with Crippen LogP contribution in [0.5, 0.6) is 0 Å². The molecule has 0 bridgehead atoms. The Labute approximate surface area is 233 Å². The van der Waals surface area contributed by atoms with Gasteiger partial charge >= 0.3 is 12.0 Å². The van der Waals surface area contributed by atoms with E-state index in [4.69, 9.17) is 16.3 Å². The average Bonchev–Trinajstić information content (AvgIpc) is 3.48. The Morgan fingerprint density at radius 3 is 2.56 bits per heavy atom. The summed E-state index contributed by atoms with van der Waals surface area (Å²) in [6, 6.07) is 12.1. The molecule has 12 heteroatoms. The van der Waals surface area contributed by atoms with Crippen molar-refractivity contribution < 1.29 is 22.7 Å². The van der Waals surface area contributed by atoms with Crippen molar-refractivity contribution in [1.82, 2.24) is 24.1 Å². The quantitative estimate of drug-likeness (QED) is 0.292. The van der Waals surface area contributed by atoms with Gasteiger partial charge in [-0.25, -0.2) is 23.0 Å². The van der Waals surface area contributed by atoms with Gasteiger partial charge in [0.05, 0.1) is 23.9 Å². The molecule has 10 nitrogen and oxygen atoms in total. The van der Waals surface area contributed by atoms with Crippen LogP contribution < -0.4 is 5.32 Å². The van der Waals surface area contributed by atoms with Gasteiger partial charge in [-0.1, -0.05) is 23.7 Å². The number of urea groups is 1. The zero-order chi connectivity index (χ0) is 27.8. The number of hydrogen-bond donors (Lipinski definition) is 1. The van der Waals surface area contributed by atoms with Gasteiger partial charge in [-0.05, 0) is 61.2 Å². The minimum absolute atomic E-state index is 0.0808. The lowest BCUT2D eigenvalue weighted by Crippen LogP contribution is -2.53. The maximum Gasteiger partial charge on any atom is 0.337 e. The molecule has 4 rings (SSSR count). The Balaban J connectivity index is 1.49. The van der Waals surface area contributed by atoms with Crippen LogP contribution in [-0.4, -0.2) is 72.0 Å². The van der Waals surface area contributed by atoms with Crippen molar-refractivity contribution in [2.45, 2.75) is 43.3 Å². The minimum atomic E-state index is -3.93. The molecule has 208 valence electrons. The zero-order valence-electron chi connectivity index (χ0n) is 21.7. The highest BCUT2D eigenvalue weighted by atomic mass is 35.5. The van der Waals surface area contributed by atoms with Gasteiger partial charge in [-0.15, -0.1) is 0 Å². The number of likely N-dealkylation sites (tertiary alicyclic amines) is 1. The predicted molar refractivity (Wildman–Crippen MR) is 147 cm³/mol. The molecule has 0 saturated carbocycles. The third-order valence-corrected chi connectivity index (χ3v) is 8.82. The van der Waals surface area contributed by atoms with E-state index < -0.39 is 22.0 Å². The van der Waals surface area contributed by atoms with Gasteiger partial charge in [0.25, 0.3) is 0 Å². The topological polar surface area (TPSA) is 114 Å². The molecule has 3 aromatic rings. The number of benzene rings is 2. The van der Waals surface area contributed by atoms with Gasteiger partial charge in [0.2, 0.25) is 10.0 Å². The van der Waals surface area contributed by atoms with E-state index >= 15 is 0 Å². The van der Waals surface area contributed by atoms with E-state index in [2.05, 4.69) is 10.3 Å². The van der Waals surface area contributed by atoms with Crippen LogP contribution in [0.4, 0.5) is 4.79 Å². The number of methoxy groups -OCH3 is 1. The van der Waals surface area contributed by atoms with E-state index in [-0.39, 0.29) is 24.0 Å². The summed E-state index contributed by atoms with van der Waals surface area (Å²) in [5.41, 5.74) is 1.09. The summed E-state index contributed by atoms with van der Waals surface area (Å²) < 4.78 is 35.9. The van der Waals surface area contributed by atoms with E-state index in [9.17, 15) is 18.0 Å². The first-order valence-corrected chi connectivity index (χ1v) is 14.5. The second kappa shape index (κ2) is 13.1. The molecule has 1 unspecified atom stereocenters. The number of imidazole rings is 1. The van der Waals surface area contributed by atoms with Gasteiger partial charge in [0.1, 0.15) is 0 Å². The molecule has 2 aromatic carbocycles. The number of piperidine rings is 1. The van der Waals surface area contributed by atoms with Crippen molar-refractivity contribution in [1.29, 1.82) is 0 Å². The number of hydrogen-bond acceptors (Lipinski definition) is 6. The number of carbonyl (C=O) groups is 2. The molecule has 1 atom stereocenters. The second-order valence-corrected chi connectivity index (χ2v) is 11.6. The number of nitrogens with one attached hydrogen (secondary N) is 1. The van der Waals surface area contributed by atoms with E-state index in [1.807, 2.05) is 10.8 Å². The van der Waals surface area contributed by atoms with Crippen molar-refractivity contribution in [2.24, 2.45) is 0 Å². The SMILES string of the molecule is COC(=O)c1ccc(CN(C2CCCN(C(=O)NCCCn3ccnc3)C2)S(=O)(=O)c2ccc(Cl)cc2)cc1. The number of aryl methyl sites for hydroxylation is 1. The van der Waals surface area contributed by atoms with Crippen molar-refractivity contribution in [3.8, 4) is 0 Å². The summed E-state index contributed by atoms with van der Waals surface area (Å²) in [4.78, 5) is 30.6. The molecule has 1 N–H and O–H groups in total. The maximum absolute atomic E-state index is 13.9. The van der Waals surface area contributed by atoms with E-state index in [0.717, 1.165) is 13.0 Å². The number of sulfonamides is 1. The van der Waals surface area contributed by atoms with Crippen LogP contribution in [0.1, 0.15) is 35.2 Å². The first kappa shape index (κ1) is 28.6. The van der Waals surface area contributed by atoms with E-state index in [1.54, 1.807) is 53.8 Å². The first-order chi connectivity index (χ1) is 18.8. The Bertz CT molecular complexity index is 1350. The number of aromatic nitrogens is 2. The van der Waals surface area contributed by atoms with E-state index in [1.165, 1.54) is 23.5 Å². The predicted octanol–water partition coefficient (Wildman–Crippen LogP) is 3.78. The Morgan fingerprint density at radius 2 is 1.90 bits per heavy atom. The number of carbonyl (C=O) groups excluding carboxylic acids is 2. The molecule has 1 fully saturated rings. The van der Waals surface area contributed by atoms with Gasteiger partial charge < -0.3 is 19.5 Å². The third-order valence-electron chi connectivity index (χ3n) is 6.65. The summed E-state index contributed by atoms with van der Waals surface area (Å²) in [6.07, 6.45) is 7.34. The molecule has 1 aliphatic rings. The van der Waals surface area contributed by atoms with Crippen molar-refractivity contribution in [2.75, 3.05) is 26.7 Å². The van der Waals surface area contributed by atoms with Gasteiger partial charge in [0, 0.05) is 56.2 Å². The maximum atomic E-state index is 13.9. The average molecular weight is 574 g/mol. The molecule has 2 amide bonds. The normalized spacial score (nSPS) is 15.8. The van der Waals surface area contributed by atoms with Gasteiger partial charge in [-0.3, -0.25) is 0 Å². The monoisotopic (exact) mass is 573 g/mol. The van der Waals surface area contributed by atoms with Gasteiger partial charge in [-0.2, -0.15) is 4.31 Å². The van der Waals surface area contributed by atoms with Gasteiger partial charge in [0.15, 0.2) is 0 Å². The zero-order valence-corrected chi connectivity index (χ0v) is 23.3. The highest BCUT2D eigenvalue weighted by Crippen LogP contribution is 2.27. The summed E-state index contributed by atoms with van der Waals surface area (Å²) >= 11 is 6.01. The molecule has 2 heterocycles. The Kier molecular flexibility index (Phi) is 9.60. The summed E-state index contributed by atoms with van der Waals surface area (Å²) in [7, 11) is -2.62. The van der Waals surface area contributed by atoms with Crippen LogP contribution >= 0.6 is 11.6 Å². The van der Waals surface area contributed by atoms with Crippen molar-refractivity contribution >= 4 is 33.6 Å². The van der Waals surface area contributed by atoms with Crippen LogP contribution in [0.25, 0.3) is 0 Å². The molecule has 1 aliphatic heterocycles. The highest BCUT2D eigenvalue weighted by Gasteiger charge is 2.35. The molecular formula is C27H32ClN5O5S. The largest absolute Gasteiger partial charge is 0.465 e. The lowest BCUT2D eigenvalue weighted by molar-refractivity contribution is 0.0600. The molecule has 1 aromatic heterocycles.